The highest BCUT2D eigenvalue weighted by Gasteiger charge is 2.12. The molecule has 0 aliphatic carbocycles. The van der Waals surface area contributed by atoms with Crippen molar-refractivity contribution in [3.05, 3.63) is 72.2 Å². The van der Waals surface area contributed by atoms with Crippen LogP contribution in [0.25, 0.3) is 5.69 Å². The number of nitriles is 1. The van der Waals surface area contributed by atoms with Crippen LogP contribution in [0.2, 0.25) is 0 Å². The Morgan fingerprint density at radius 1 is 1.18 bits per heavy atom. The molecule has 0 amide bonds. The molecule has 0 aliphatic rings. The molecule has 3 rings (SSSR count). The maximum atomic E-state index is 8.81. The number of aromatic nitrogens is 3. The molecule has 3 aromatic rings. The van der Waals surface area contributed by atoms with Crippen molar-refractivity contribution < 1.29 is 0 Å². The molecule has 5 nitrogen and oxygen atoms in total. The summed E-state index contributed by atoms with van der Waals surface area (Å²) >= 11 is 0. The van der Waals surface area contributed by atoms with E-state index in [2.05, 4.69) is 34.5 Å². The van der Waals surface area contributed by atoms with Gasteiger partial charge in [0, 0.05) is 18.6 Å². The van der Waals surface area contributed by atoms with Gasteiger partial charge in [-0.3, -0.25) is 0 Å². The highest BCUT2D eigenvalue weighted by Crippen LogP contribution is 2.23. The van der Waals surface area contributed by atoms with Crippen LogP contribution in [0.5, 0.6) is 0 Å². The zero-order valence-corrected chi connectivity index (χ0v) is 12.1. The standard InChI is InChI=1S/C17H15N5/c1-13(21-17-8-7-14(11-18)12-19-17)15-5-2-3-6-16(15)22-10-4-9-20-22/h2-10,12-13H,1H3,(H,19,21). The van der Waals surface area contributed by atoms with Crippen molar-refractivity contribution >= 4 is 5.82 Å². The van der Waals surface area contributed by atoms with Gasteiger partial charge in [-0.2, -0.15) is 10.4 Å². The minimum atomic E-state index is 0.0563. The first-order chi connectivity index (χ1) is 10.8. The first kappa shape index (κ1) is 13.8. The summed E-state index contributed by atoms with van der Waals surface area (Å²) in [7, 11) is 0. The summed E-state index contributed by atoms with van der Waals surface area (Å²) in [5.41, 5.74) is 2.70. The summed E-state index contributed by atoms with van der Waals surface area (Å²) in [6.45, 7) is 2.07. The van der Waals surface area contributed by atoms with Gasteiger partial charge in [0.2, 0.25) is 0 Å². The quantitative estimate of drug-likeness (QED) is 0.800. The molecule has 1 atom stereocenters. The number of para-hydroxylation sites is 1. The lowest BCUT2D eigenvalue weighted by Crippen LogP contribution is -2.11. The number of pyridine rings is 1. The number of rotatable bonds is 4. The first-order valence-electron chi connectivity index (χ1n) is 6.99. The summed E-state index contributed by atoms with van der Waals surface area (Å²) in [5.74, 6) is 0.738. The van der Waals surface area contributed by atoms with Gasteiger partial charge in [-0.1, -0.05) is 18.2 Å². The first-order valence-corrected chi connectivity index (χ1v) is 6.99. The molecule has 0 saturated heterocycles. The van der Waals surface area contributed by atoms with Crippen molar-refractivity contribution in [1.29, 1.82) is 5.26 Å². The molecule has 1 aromatic carbocycles. The van der Waals surface area contributed by atoms with Gasteiger partial charge < -0.3 is 5.32 Å². The van der Waals surface area contributed by atoms with E-state index >= 15 is 0 Å². The van der Waals surface area contributed by atoms with Gasteiger partial charge in [-0.15, -0.1) is 0 Å². The van der Waals surface area contributed by atoms with E-state index in [1.54, 1.807) is 18.5 Å². The van der Waals surface area contributed by atoms with Crippen molar-refractivity contribution in [3.8, 4) is 11.8 Å². The van der Waals surface area contributed by atoms with Crippen LogP contribution in [0.15, 0.2) is 61.1 Å². The van der Waals surface area contributed by atoms with Crippen LogP contribution in [0.3, 0.4) is 0 Å². The summed E-state index contributed by atoms with van der Waals surface area (Å²) in [6.07, 6.45) is 5.25. The maximum Gasteiger partial charge on any atom is 0.126 e. The fourth-order valence-corrected chi connectivity index (χ4v) is 2.32. The minimum Gasteiger partial charge on any atom is -0.363 e. The highest BCUT2D eigenvalue weighted by atomic mass is 15.3. The van der Waals surface area contributed by atoms with Crippen LogP contribution >= 0.6 is 0 Å². The minimum absolute atomic E-state index is 0.0563. The van der Waals surface area contributed by atoms with Crippen molar-refractivity contribution in [2.45, 2.75) is 13.0 Å². The zero-order chi connectivity index (χ0) is 15.4. The number of nitrogens with zero attached hydrogens (tertiary/aromatic N) is 4. The van der Waals surface area contributed by atoms with Gasteiger partial charge in [-0.05, 0) is 36.8 Å². The highest BCUT2D eigenvalue weighted by molar-refractivity contribution is 5.47. The third-order valence-electron chi connectivity index (χ3n) is 3.41. The molecule has 1 N–H and O–H groups in total. The van der Waals surface area contributed by atoms with Crippen LogP contribution in [0.4, 0.5) is 5.82 Å². The second kappa shape index (κ2) is 6.10. The Bertz CT molecular complexity index is 785. The third kappa shape index (κ3) is 2.81. The Labute approximate surface area is 128 Å². The van der Waals surface area contributed by atoms with Crippen LogP contribution in [-0.4, -0.2) is 14.8 Å². The number of anilines is 1. The monoisotopic (exact) mass is 289 g/mol. The smallest absolute Gasteiger partial charge is 0.126 e. The largest absolute Gasteiger partial charge is 0.363 e. The summed E-state index contributed by atoms with van der Waals surface area (Å²) < 4.78 is 1.85. The molecule has 2 aromatic heterocycles. The third-order valence-corrected chi connectivity index (χ3v) is 3.41. The SMILES string of the molecule is CC(Nc1ccc(C#N)cn1)c1ccccc1-n1cccn1. The topological polar surface area (TPSA) is 66.5 Å². The van der Waals surface area contributed by atoms with E-state index in [1.165, 1.54) is 0 Å². The molecule has 0 aliphatic heterocycles. The average Bonchev–Trinajstić information content (AvgIpc) is 3.10. The zero-order valence-electron chi connectivity index (χ0n) is 12.1. The van der Waals surface area contributed by atoms with Gasteiger partial charge in [-0.25, -0.2) is 9.67 Å². The van der Waals surface area contributed by atoms with E-state index in [4.69, 9.17) is 5.26 Å². The fourth-order valence-electron chi connectivity index (χ4n) is 2.32. The van der Waals surface area contributed by atoms with Gasteiger partial charge in [0.1, 0.15) is 11.9 Å². The average molecular weight is 289 g/mol. The Morgan fingerprint density at radius 3 is 2.73 bits per heavy atom. The molecule has 108 valence electrons. The molecule has 1 unspecified atom stereocenters. The maximum absolute atomic E-state index is 8.81. The van der Waals surface area contributed by atoms with Crippen molar-refractivity contribution in [2.75, 3.05) is 5.32 Å². The Hall–Kier alpha value is -3.13. The van der Waals surface area contributed by atoms with E-state index in [0.29, 0.717) is 5.56 Å². The molecule has 5 heteroatoms. The molecule has 0 bridgehead atoms. The molecule has 0 radical (unpaired) electrons. The van der Waals surface area contributed by atoms with Crippen LogP contribution in [-0.2, 0) is 0 Å². The molecule has 0 saturated carbocycles. The molecule has 0 fully saturated rings. The Morgan fingerprint density at radius 2 is 2.05 bits per heavy atom. The van der Waals surface area contributed by atoms with Crippen LogP contribution in [0.1, 0.15) is 24.1 Å². The van der Waals surface area contributed by atoms with Crippen molar-refractivity contribution in [1.82, 2.24) is 14.8 Å². The summed E-state index contributed by atoms with van der Waals surface area (Å²) in [4.78, 5) is 4.25. The van der Waals surface area contributed by atoms with Crippen molar-refractivity contribution in [3.63, 3.8) is 0 Å². The Kier molecular flexibility index (Phi) is 3.84. The Balaban J connectivity index is 1.86. The van der Waals surface area contributed by atoms with Gasteiger partial charge >= 0.3 is 0 Å². The number of benzene rings is 1. The molecular formula is C17H15N5. The lowest BCUT2D eigenvalue weighted by Gasteiger charge is -2.18. The summed E-state index contributed by atoms with van der Waals surface area (Å²) in [5, 5.41) is 16.5. The molecule has 22 heavy (non-hydrogen) atoms. The lowest BCUT2D eigenvalue weighted by molar-refractivity contribution is 0.814. The normalized spacial score (nSPS) is 11.6. The number of hydrogen-bond acceptors (Lipinski definition) is 4. The second-order valence-electron chi connectivity index (χ2n) is 4.92. The summed E-state index contributed by atoms with van der Waals surface area (Å²) in [6, 6.07) is 15.7. The predicted octanol–water partition coefficient (Wildman–Crippen LogP) is 3.31. The van der Waals surface area contributed by atoms with Gasteiger partial charge in [0.15, 0.2) is 0 Å². The molecular weight excluding hydrogens is 274 g/mol. The predicted molar refractivity (Wildman–Crippen MR) is 84.6 cm³/mol. The van der Waals surface area contributed by atoms with Gasteiger partial charge in [0.05, 0.1) is 17.3 Å². The lowest BCUT2D eigenvalue weighted by atomic mass is 10.1. The number of hydrogen-bond donors (Lipinski definition) is 1. The van der Waals surface area contributed by atoms with Gasteiger partial charge in [0.25, 0.3) is 0 Å². The van der Waals surface area contributed by atoms with Crippen LogP contribution < -0.4 is 5.32 Å². The van der Waals surface area contributed by atoms with Crippen molar-refractivity contribution in [2.24, 2.45) is 0 Å². The number of nitrogens with one attached hydrogen (secondary N) is 1. The molecule has 2 heterocycles. The fraction of sp³-hybridized carbons (Fsp3) is 0.118. The second-order valence-corrected chi connectivity index (χ2v) is 4.92. The van der Waals surface area contributed by atoms with E-state index in [9.17, 15) is 0 Å². The van der Waals surface area contributed by atoms with Crippen LogP contribution in [0, 0.1) is 11.3 Å². The molecule has 0 spiro atoms. The van der Waals surface area contributed by atoms with E-state index in [-0.39, 0.29) is 6.04 Å². The van der Waals surface area contributed by atoms with E-state index in [0.717, 1.165) is 17.1 Å². The van der Waals surface area contributed by atoms with E-state index < -0.39 is 0 Å². The van der Waals surface area contributed by atoms with E-state index in [1.807, 2.05) is 41.2 Å².